The van der Waals surface area contributed by atoms with Crippen molar-refractivity contribution in [2.24, 2.45) is 0 Å². The van der Waals surface area contributed by atoms with Gasteiger partial charge in [-0.05, 0) is 46.6 Å². The molecule has 0 bridgehead atoms. The molecule has 1 aliphatic rings. The highest BCUT2D eigenvalue weighted by Crippen LogP contribution is 2.37. The number of thiazole rings is 1. The molecule has 41 heavy (non-hydrogen) atoms. The molecular formula is C28H33ClFN7O3S. The zero-order valence-corrected chi connectivity index (χ0v) is 24.9. The summed E-state index contributed by atoms with van der Waals surface area (Å²) in [4.78, 5) is 27.0. The number of pyridine rings is 2. The molecule has 1 fully saturated rings. The highest BCUT2D eigenvalue weighted by atomic mass is 35.5. The van der Waals surface area contributed by atoms with Gasteiger partial charge in [0.1, 0.15) is 23.9 Å². The Morgan fingerprint density at radius 3 is 2.59 bits per heavy atom. The van der Waals surface area contributed by atoms with Gasteiger partial charge in [0.2, 0.25) is 0 Å². The molecule has 1 atom stereocenters. The third-order valence-electron chi connectivity index (χ3n) is 6.68. The van der Waals surface area contributed by atoms with Gasteiger partial charge in [-0.25, -0.2) is 19.3 Å². The number of anilines is 4. The predicted octanol–water partition coefficient (Wildman–Crippen LogP) is 5.98. The number of nitriles is 1. The van der Waals surface area contributed by atoms with Crippen molar-refractivity contribution in [3.05, 3.63) is 51.7 Å². The molecule has 1 aliphatic carbocycles. The Hall–Kier alpha value is -3.37. The second kappa shape index (κ2) is 12.7. The lowest BCUT2D eigenvalue weighted by Gasteiger charge is -2.27. The summed E-state index contributed by atoms with van der Waals surface area (Å²) in [7, 11) is 0. The lowest BCUT2D eigenvalue weighted by molar-refractivity contribution is -0.0705. The molecule has 0 spiro atoms. The third-order valence-corrected chi connectivity index (χ3v) is 8.18. The van der Waals surface area contributed by atoms with E-state index in [1.807, 2.05) is 19.9 Å². The largest absolute Gasteiger partial charge is 0.387 e. The Kier molecular flexibility index (Phi) is 9.44. The maximum atomic E-state index is 14.3. The summed E-state index contributed by atoms with van der Waals surface area (Å²) in [6, 6.07) is 5.03. The van der Waals surface area contributed by atoms with Crippen LogP contribution in [0.1, 0.15) is 74.2 Å². The van der Waals surface area contributed by atoms with Crippen LogP contribution >= 0.6 is 22.9 Å². The molecule has 0 saturated heterocycles. The van der Waals surface area contributed by atoms with E-state index in [4.69, 9.17) is 21.6 Å². The number of nitrogens with one attached hydrogen (secondary N) is 3. The first-order chi connectivity index (χ1) is 19.4. The summed E-state index contributed by atoms with van der Waals surface area (Å²) in [6.07, 6.45) is 7.42. The smallest absolute Gasteiger partial charge is 0.255 e. The lowest BCUT2D eigenvalue weighted by Crippen LogP contribution is -2.42. The van der Waals surface area contributed by atoms with Crippen molar-refractivity contribution in [1.29, 1.82) is 5.26 Å². The number of halogens is 2. The van der Waals surface area contributed by atoms with Crippen LogP contribution in [0.4, 0.5) is 26.8 Å². The summed E-state index contributed by atoms with van der Waals surface area (Å²) in [6.45, 7) is 6.31. The van der Waals surface area contributed by atoms with Crippen LogP contribution in [0, 0.1) is 11.3 Å². The Balaban J connectivity index is 1.59. The van der Waals surface area contributed by atoms with Gasteiger partial charge < -0.3 is 25.8 Å². The standard InChI is InChI=1S/C28H33ClFN7O3S/c1-27(2,39)21(30)14-34-25(38)18-13-32-23(37-24-19(29)9-16(11-31)12-33-24)10-20(18)36-26-35-15-22(41-26)28(3,4)40-17-7-5-6-8-17/h9-10,12-13,15,17,21,39H,5-8,14H2,1-4H3,(H,34,38)(H2,32,33,35,36,37)/t21-/m1/s1. The van der Waals surface area contributed by atoms with Gasteiger partial charge in [0.15, 0.2) is 5.13 Å². The van der Waals surface area contributed by atoms with Crippen LogP contribution in [0.25, 0.3) is 0 Å². The maximum Gasteiger partial charge on any atom is 0.255 e. The van der Waals surface area contributed by atoms with Gasteiger partial charge in [-0.3, -0.25) is 4.79 Å². The summed E-state index contributed by atoms with van der Waals surface area (Å²) < 4.78 is 20.7. The van der Waals surface area contributed by atoms with Crippen molar-refractivity contribution in [2.45, 2.75) is 76.9 Å². The monoisotopic (exact) mass is 601 g/mol. The van der Waals surface area contributed by atoms with Crippen LogP contribution < -0.4 is 16.0 Å². The van der Waals surface area contributed by atoms with Crippen LogP contribution in [-0.2, 0) is 10.3 Å². The Labute approximate surface area is 247 Å². The van der Waals surface area contributed by atoms with E-state index in [1.165, 1.54) is 56.5 Å². The second-order valence-electron chi connectivity index (χ2n) is 10.9. The highest BCUT2D eigenvalue weighted by Gasteiger charge is 2.30. The van der Waals surface area contributed by atoms with E-state index in [0.29, 0.717) is 22.2 Å². The molecular weight excluding hydrogens is 569 g/mol. The second-order valence-corrected chi connectivity index (χ2v) is 12.4. The summed E-state index contributed by atoms with van der Waals surface area (Å²) in [5.74, 6) is -0.00605. The highest BCUT2D eigenvalue weighted by molar-refractivity contribution is 7.15. The third kappa shape index (κ3) is 7.89. The van der Waals surface area contributed by atoms with Crippen molar-refractivity contribution in [1.82, 2.24) is 20.3 Å². The molecule has 0 aromatic carbocycles. The van der Waals surface area contributed by atoms with Gasteiger partial charge >= 0.3 is 0 Å². The number of hydrogen-bond acceptors (Lipinski definition) is 10. The van der Waals surface area contributed by atoms with Gasteiger partial charge in [-0.1, -0.05) is 35.8 Å². The molecule has 3 heterocycles. The van der Waals surface area contributed by atoms with Crippen molar-refractivity contribution in [3.8, 4) is 6.07 Å². The molecule has 218 valence electrons. The minimum absolute atomic E-state index is 0.135. The number of alkyl halides is 1. The van der Waals surface area contributed by atoms with Crippen molar-refractivity contribution in [3.63, 3.8) is 0 Å². The number of hydrogen-bond donors (Lipinski definition) is 4. The van der Waals surface area contributed by atoms with Crippen LogP contribution in [0.3, 0.4) is 0 Å². The molecule has 4 rings (SSSR count). The molecule has 0 aliphatic heterocycles. The number of carbonyl (C=O) groups excluding carboxylic acids is 1. The number of ether oxygens (including phenoxy) is 1. The first kappa shape index (κ1) is 30.6. The Bertz CT molecular complexity index is 1430. The lowest BCUT2D eigenvalue weighted by atomic mass is 10.0. The Morgan fingerprint density at radius 2 is 1.93 bits per heavy atom. The fourth-order valence-electron chi connectivity index (χ4n) is 4.25. The predicted molar refractivity (Wildman–Crippen MR) is 157 cm³/mol. The van der Waals surface area contributed by atoms with E-state index in [1.54, 1.807) is 12.3 Å². The number of aromatic nitrogens is 3. The molecule has 0 radical (unpaired) electrons. The van der Waals surface area contributed by atoms with Gasteiger partial charge in [0.25, 0.3) is 5.91 Å². The number of carbonyl (C=O) groups is 1. The summed E-state index contributed by atoms with van der Waals surface area (Å²) in [5.41, 5.74) is -1.37. The molecule has 13 heteroatoms. The van der Waals surface area contributed by atoms with Crippen molar-refractivity contribution in [2.75, 3.05) is 17.2 Å². The topological polar surface area (TPSA) is 145 Å². The zero-order chi connectivity index (χ0) is 29.8. The SMILES string of the molecule is CC(C)(OC1CCCC1)c1cnc(Nc2cc(Nc3ncc(C#N)cc3Cl)ncc2C(=O)NC[C@@H](F)C(C)(C)O)s1. The molecule has 1 amide bonds. The van der Waals surface area contributed by atoms with Crippen LogP contribution in [-0.4, -0.2) is 50.4 Å². The normalized spacial score (nSPS) is 14.9. The van der Waals surface area contributed by atoms with E-state index < -0.39 is 23.3 Å². The van der Waals surface area contributed by atoms with Gasteiger partial charge in [-0.15, -0.1) is 0 Å². The van der Waals surface area contributed by atoms with Gasteiger partial charge in [0.05, 0.1) is 50.6 Å². The van der Waals surface area contributed by atoms with Crippen LogP contribution in [0.5, 0.6) is 0 Å². The first-order valence-corrected chi connectivity index (χ1v) is 14.4. The molecule has 10 nitrogen and oxygen atoms in total. The van der Waals surface area contributed by atoms with E-state index in [2.05, 4.69) is 30.9 Å². The summed E-state index contributed by atoms with van der Waals surface area (Å²) in [5, 5.41) is 28.4. The van der Waals surface area contributed by atoms with Gasteiger partial charge in [0, 0.05) is 24.7 Å². The molecule has 1 saturated carbocycles. The molecule has 3 aromatic rings. The van der Waals surface area contributed by atoms with Gasteiger partial charge in [-0.2, -0.15) is 5.26 Å². The number of amides is 1. The average molecular weight is 602 g/mol. The quantitative estimate of drug-likeness (QED) is 0.208. The zero-order valence-electron chi connectivity index (χ0n) is 23.3. The van der Waals surface area contributed by atoms with E-state index in [9.17, 15) is 14.3 Å². The fraction of sp³-hybridized carbons (Fsp3) is 0.464. The first-order valence-electron chi connectivity index (χ1n) is 13.2. The van der Waals surface area contributed by atoms with Crippen LogP contribution in [0.15, 0.2) is 30.7 Å². The fourth-order valence-corrected chi connectivity index (χ4v) is 5.34. The number of aliphatic hydroxyl groups is 1. The number of rotatable bonds is 11. The minimum Gasteiger partial charge on any atom is -0.387 e. The minimum atomic E-state index is -1.68. The number of nitrogens with zero attached hydrogens (tertiary/aromatic N) is 4. The summed E-state index contributed by atoms with van der Waals surface area (Å²) >= 11 is 7.66. The average Bonchev–Trinajstić information content (AvgIpc) is 3.60. The van der Waals surface area contributed by atoms with Crippen LogP contribution in [0.2, 0.25) is 5.02 Å². The molecule has 0 unspecified atom stereocenters. The van der Waals surface area contributed by atoms with E-state index in [-0.39, 0.29) is 29.1 Å². The van der Waals surface area contributed by atoms with E-state index >= 15 is 0 Å². The molecule has 4 N–H and O–H groups in total. The Morgan fingerprint density at radius 1 is 1.20 bits per heavy atom. The maximum absolute atomic E-state index is 14.3. The van der Waals surface area contributed by atoms with E-state index in [0.717, 1.165) is 17.7 Å². The van der Waals surface area contributed by atoms with Crippen molar-refractivity contribution < 1.29 is 19.0 Å². The molecule has 3 aromatic heterocycles. The van der Waals surface area contributed by atoms with Crippen molar-refractivity contribution >= 4 is 51.3 Å².